The van der Waals surface area contributed by atoms with Gasteiger partial charge in [-0.05, 0) is 45.9 Å². The van der Waals surface area contributed by atoms with Gasteiger partial charge in [-0.25, -0.2) is 9.59 Å². The molecule has 46 heavy (non-hydrogen) atoms. The van der Waals surface area contributed by atoms with E-state index in [1.165, 1.54) is 6.92 Å². The number of fused-ring (bicyclic) bond motifs is 3. The number of aliphatic carboxylic acids is 1. The molecule has 0 saturated carbocycles. The number of carboxylic acids is 1. The number of benzene rings is 5. The summed E-state index contributed by atoms with van der Waals surface area (Å²) in [5.74, 6) is -2.12. The molecule has 5 aromatic rings. The predicted octanol–water partition coefficient (Wildman–Crippen LogP) is 6.87. The number of carbonyl (C=O) groups is 3. The summed E-state index contributed by atoms with van der Waals surface area (Å²) in [5.41, 5.74) is 3.53. The summed E-state index contributed by atoms with van der Waals surface area (Å²) in [7, 11) is 0. The predicted molar refractivity (Wildman–Crippen MR) is 176 cm³/mol. The van der Waals surface area contributed by atoms with E-state index in [-0.39, 0.29) is 12.5 Å². The zero-order chi connectivity index (χ0) is 32.1. The molecular formula is C39H34N2O5. The van der Waals surface area contributed by atoms with Gasteiger partial charge in [-0.1, -0.05) is 140 Å². The fourth-order valence-corrected chi connectivity index (χ4v) is 6.39. The first-order chi connectivity index (χ1) is 22.3. The molecule has 230 valence electrons. The van der Waals surface area contributed by atoms with Crippen LogP contribution in [0.15, 0.2) is 140 Å². The maximum Gasteiger partial charge on any atom is 0.408 e. The Morgan fingerprint density at radius 2 is 1.04 bits per heavy atom. The number of hydrogen-bond acceptors (Lipinski definition) is 4. The first kappa shape index (κ1) is 30.3. The summed E-state index contributed by atoms with van der Waals surface area (Å²) in [4.78, 5) is 39.7. The Morgan fingerprint density at radius 1 is 0.630 bits per heavy atom. The Balaban J connectivity index is 1.24. The molecule has 0 spiro atoms. The molecule has 0 radical (unpaired) electrons. The van der Waals surface area contributed by atoms with Crippen LogP contribution in [0.2, 0.25) is 0 Å². The van der Waals surface area contributed by atoms with Gasteiger partial charge in [0.25, 0.3) is 0 Å². The van der Waals surface area contributed by atoms with E-state index in [2.05, 4.69) is 10.6 Å². The molecule has 1 aliphatic carbocycles. The molecule has 1 aliphatic rings. The van der Waals surface area contributed by atoms with Gasteiger partial charge in [0, 0.05) is 5.92 Å². The fraction of sp³-hybridized carbons (Fsp3) is 0.154. The lowest BCUT2D eigenvalue weighted by atomic mass is 9.76. The van der Waals surface area contributed by atoms with Gasteiger partial charge in [-0.15, -0.1) is 0 Å². The number of amides is 2. The monoisotopic (exact) mass is 610 g/mol. The molecule has 7 nitrogen and oxygen atoms in total. The van der Waals surface area contributed by atoms with Gasteiger partial charge >= 0.3 is 12.1 Å². The van der Waals surface area contributed by atoms with E-state index < -0.39 is 35.5 Å². The Labute approximate surface area is 267 Å². The van der Waals surface area contributed by atoms with E-state index in [0.29, 0.717) is 0 Å². The van der Waals surface area contributed by atoms with E-state index in [4.69, 9.17) is 4.74 Å². The minimum atomic E-state index is -1.96. The maximum absolute atomic E-state index is 14.0. The lowest BCUT2D eigenvalue weighted by Crippen LogP contribution is -2.57. The van der Waals surface area contributed by atoms with E-state index in [1.807, 2.05) is 140 Å². The quantitative estimate of drug-likeness (QED) is 0.150. The average molecular weight is 611 g/mol. The second-order valence-electron chi connectivity index (χ2n) is 11.7. The molecule has 3 N–H and O–H groups in total. The maximum atomic E-state index is 14.0. The van der Waals surface area contributed by atoms with Crippen LogP contribution in [0.3, 0.4) is 0 Å². The van der Waals surface area contributed by atoms with E-state index in [1.54, 1.807) is 0 Å². The smallest absolute Gasteiger partial charge is 0.408 e. The van der Waals surface area contributed by atoms with Crippen LogP contribution in [-0.4, -0.2) is 35.2 Å². The highest BCUT2D eigenvalue weighted by atomic mass is 16.5. The van der Waals surface area contributed by atoms with Gasteiger partial charge in [0.1, 0.15) is 17.7 Å². The SMILES string of the molecule is C[C@@](CC(=O)NC(c1ccccc1)(c1ccccc1)c1ccccc1)(NC(=O)OCC1c2ccccc2-c2ccccc21)C(=O)O. The highest BCUT2D eigenvalue weighted by molar-refractivity contribution is 5.91. The van der Waals surface area contributed by atoms with Crippen molar-refractivity contribution in [2.24, 2.45) is 0 Å². The average Bonchev–Trinajstić information content (AvgIpc) is 3.41. The number of ether oxygens (including phenoxy) is 1. The van der Waals surface area contributed by atoms with Crippen LogP contribution in [0, 0.1) is 0 Å². The highest BCUT2D eigenvalue weighted by Crippen LogP contribution is 2.44. The summed E-state index contributed by atoms with van der Waals surface area (Å²) in [5, 5.41) is 15.9. The molecule has 2 amide bonds. The van der Waals surface area contributed by atoms with Gasteiger partial charge in [0.2, 0.25) is 5.91 Å². The number of alkyl carbamates (subject to hydrolysis) is 1. The first-order valence-corrected chi connectivity index (χ1v) is 15.2. The van der Waals surface area contributed by atoms with Crippen LogP contribution in [0.25, 0.3) is 11.1 Å². The van der Waals surface area contributed by atoms with E-state index in [0.717, 1.165) is 38.9 Å². The molecule has 0 bridgehead atoms. The number of carboxylic acid groups (broad SMARTS) is 1. The van der Waals surface area contributed by atoms with Crippen molar-refractivity contribution in [1.29, 1.82) is 0 Å². The number of nitrogens with one attached hydrogen (secondary N) is 2. The van der Waals surface area contributed by atoms with Crippen molar-refractivity contribution in [2.45, 2.75) is 30.3 Å². The molecule has 1 atom stereocenters. The van der Waals surface area contributed by atoms with Gasteiger partial charge in [0.05, 0.1) is 6.42 Å². The normalized spacial score (nSPS) is 13.5. The summed E-state index contributed by atoms with van der Waals surface area (Å²) in [6.45, 7) is 1.33. The molecule has 5 aromatic carbocycles. The first-order valence-electron chi connectivity index (χ1n) is 15.2. The highest BCUT2D eigenvalue weighted by Gasteiger charge is 2.43. The van der Waals surface area contributed by atoms with Crippen LogP contribution in [-0.2, 0) is 19.9 Å². The lowest BCUT2D eigenvalue weighted by molar-refractivity contribution is -0.146. The van der Waals surface area contributed by atoms with Crippen LogP contribution in [0.5, 0.6) is 0 Å². The van der Waals surface area contributed by atoms with Crippen molar-refractivity contribution in [3.8, 4) is 11.1 Å². The van der Waals surface area contributed by atoms with Gasteiger partial charge in [-0.2, -0.15) is 0 Å². The second kappa shape index (κ2) is 12.7. The summed E-state index contributed by atoms with van der Waals surface area (Å²) < 4.78 is 5.63. The molecule has 0 saturated heterocycles. The van der Waals surface area contributed by atoms with Crippen molar-refractivity contribution in [3.05, 3.63) is 167 Å². The Bertz CT molecular complexity index is 1720. The second-order valence-corrected chi connectivity index (χ2v) is 11.7. The molecule has 0 aromatic heterocycles. The third kappa shape index (κ3) is 5.75. The largest absolute Gasteiger partial charge is 0.479 e. The Morgan fingerprint density at radius 3 is 1.48 bits per heavy atom. The summed E-state index contributed by atoms with van der Waals surface area (Å²) >= 11 is 0. The number of hydrogen-bond donors (Lipinski definition) is 3. The van der Waals surface area contributed by atoms with Crippen molar-refractivity contribution in [1.82, 2.24) is 10.6 Å². The molecular weight excluding hydrogens is 576 g/mol. The van der Waals surface area contributed by atoms with Crippen LogP contribution in [0.4, 0.5) is 4.79 Å². The minimum Gasteiger partial charge on any atom is -0.479 e. The molecule has 0 aliphatic heterocycles. The zero-order valence-corrected chi connectivity index (χ0v) is 25.4. The molecule has 6 rings (SSSR count). The van der Waals surface area contributed by atoms with Crippen LogP contribution >= 0.6 is 0 Å². The third-order valence-corrected chi connectivity index (χ3v) is 8.66. The minimum absolute atomic E-state index is 0.0148. The van der Waals surface area contributed by atoms with Gasteiger partial charge in [0.15, 0.2) is 0 Å². The Kier molecular flexibility index (Phi) is 8.40. The lowest BCUT2D eigenvalue weighted by Gasteiger charge is -2.38. The standard InChI is InChI=1S/C39H34N2O5/c1-38(36(43)44,41-37(45)46-26-34-32-23-13-11-21-30(32)31-22-12-14-24-33(31)34)25-35(42)40-39(27-15-5-2-6-16-27,28-17-7-3-8-18-28)29-19-9-4-10-20-29/h2-24,34H,25-26H2,1H3,(H,40,42)(H,41,45)(H,43,44)/t38-/m0/s1. The molecule has 0 heterocycles. The fourth-order valence-electron chi connectivity index (χ4n) is 6.39. The van der Waals surface area contributed by atoms with Crippen LogP contribution in [0.1, 0.15) is 47.1 Å². The van der Waals surface area contributed by atoms with Crippen molar-refractivity contribution in [3.63, 3.8) is 0 Å². The number of carbonyl (C=O) groups excluding carboxylic acids is 2. The zero-order valence-electron chi connectivity index (χ0n) is 25.4. The van der Waals surface area contributed by atoms with Crippen molar-refractivity contribution >= 4 is 18.0 Å². The summed E-state index contributed by atoms with van der Waals surface area (Å²) in [6.07, 6.45) is -1.46. The molecule has 7 heteroatoms. The van der Waals surface area contributed by atoms with Gasteiger partial charge < -0.3 is 20.5 Å². The topological polar surface area (TPSA) is 105 Å². The van der Waals surface area contributed by atoms with Crippen molar-refractivity contribution < 1.29 is 24.2 Å². The van der Waals surface area contributed by atoms with Crippen molar-refractivity contribution in [2.75, 3.05) is 6.61 Å². The molecule has 0 unspecified atom stereocenters. The summed E-state index contributed by atoms with van der Waals surface area (Å²) in [6, 6.07) is 44.5. The third-order valence-electron chi connectivity index (χ3n) is 8.66. The molecule has 0 fully saturated rings. The van der Waals surface area contributed by atoms with E-state index >= 15 is 0 Å². The Hall–Kier alpha value is -5.69. The number of rotatable bonds is 10. The van der Waals surface area contributed by atoms with E-state index in [9.17, 15) is 19.5 Å². The van der Waals surface area contributed by atoms with Gasteiger partial charge in [-0.3, -0.25) is 4.79 Å². The van der Waals surface area contributed by atoms with Crippen LogP contribution < -0.4 is 10.6 Å².